The summed E-state index contributed by atoms with van der Waals surface area (Å²) in [6, 6.07) is 6.01. The van der Waals surface area contributed by atoms with Crippen molar-refractivity contribution in [3.8, 4) is 0 Å². The zero-order chi connectivity index (χ0) is 17.1. The minimum absolute atomic E-state index is 0.0316. The van der Waals surface area contributed by atoms with Gasteiger partial charge < -0.3 is 15.0 Å². The second kappa shape index (κ2) is 7.02. The topological polar surface area (TPSA) is 84.4 Å². The van der Waals surface area contributed by atoms with E-state index in [2.05, 4.69) is 15.5 Å². The molecule has 0 radical (unpaired) electrons. The van der Waals surface area contributed by atoms with Crippen molar-refractivity contribution in [2.45, 2.75) is 13.0 Å². The molecule has 2 heterocycles. The summed E-state index contributed by atoms with van der Waals surface area (Å²) in [5, 5.41) is 11.4. The number of carbonyl (C=O) groups is 2. The summed E-state index contributed by atoms with van der Waals surface area (Å²) in [7, 11) is 1.54. The number of para-hydroxylation sites is 1. The summed E-state index contributed by atoms with van der Waals surface area (Å²) in [6.07, 6.45) is 0.0316. The lowest BCUT2D eigenvalue weighted by atomic mass is 10.1. The molecule has 1 aliphatic heterocycles. The highest BCUT2D eigenvalue weighted by atomic mass is 32.1. The predicted molar refractivity (Wildman–Crippen MR) is 86.1 cm³/mol. The molecule has 1 fully saturated rings. The van der Waals surface area contributed by atoms with Crippen LogP contribution in [0.5, 0.6) is 0 Å². The van der Waals surface area contributed by atoms with Crippen molar-refractivity contribution in [1.29, 1.82) is 0 Å². The van der Waals surface area contributed by atoms with E-state index in [9.17, 15) is 14.0 Å². The largest absolute Gasteiger partial charge is 0.377 e. The van der Waals surface area contributed by atoms with E-state index in [1.807, 2.05) is 0 Å². The molecule has 1 saturated heterocycles. The standard InChI is InChI=1S/C15H15FN4O3S/c1-23-8-12-18-19-15(24-12)17-14(22)9-6-13(21)20(7-9)11-5-3-2-4-10(11)16/h2-5,9H,6-8H2,1H3,(H,17,19,22)/t9-/m1/s1. The molecule has 9 heteroatoms. The van der Waals surface area contributed by atoms with Crippen LogP contribution in [0.25, 0.3) is 0 Å². The quantitative estimate of drug-likeness (QED) is 0.889. The molecule has 7 nitrogen and oxygen atoms in total. The van der Waals surface area contributed by atoms with Crippen molar-refractivity contribution in [3.05, 3.63) is 35.1 Å². The van der Waals surface area contributed by atoms with Crippen molar-refractivity contribution in [2.24, 2.45) is 5.92 Å². The van der Waals surface area contributed by atoms with Crippen LogP contribution in [0.1, 0.15) is 11.4 Å². The van der Waals surface area contributed by atoms with Gasteiger partial charge in [0.2, 0.25) is 16.9 Å². The second-order valence-corrected chi connectivity index (χ2v) is 6.34. The number of anilines is 2. The molecule has 0 bridgehead atoms. The number of nitrogens with zero attached hydrogens (tertiary/aromatic N) is 3. The fourth-order valence-electron chi connectivity index (χ4n) is 2.48. The van der Waals surface area contributed by atoms with Crippen LogP contribution in [0.3, 0.4) is 0 Å². The molecule has 0 unspecified atom stereocenters. The fourth-order valence-corrected chi connectivity index (χ4v) is 3.19. The average Bonchev–Trinajstić information content (AvgIpc) is 3.15. The zero-order valence-corrected chi connectivity index (χ0v) is 13.7. The lowest BCUT2D eigenvalue weighted by Crippen LogP contribution is -2.28. The Hall–Kier alpha value is -2.39. The normalized spacial score (nSPS) is 17.3. The van der Waals surface area contributed by atoms with E-state index >= 15 is 0 Å². The van der Waals surface area contributed by atoms with Crippen LogP contribution in [0, 0.1) is 11.7 Å². The minimum atomic E-state index is -0.563. The van der Waals surface area contributed by atoms with Gasteiger partial charge in [-0.15, -0.1) is 10.2 Å². The van der Waals surface area contributed by atoms with E-state index in [1.54, 1.807) is 19.2 Å². The maximum atomic E-state index is 13.8. The first kappa shape index (κ1) is 16.5. The van der Waals surface area contributed by atoms with Crippen LogP contribution < -0.4 is 10.2 Å². The number of aromatic nitrogens is 2. The Morgan fingerprint density at radius 2 is 2.25 bits per heavy atom. The highest BCUT2D eigenvalue weighted by Crippen LogP contribution is 2.28. The van der Waals surface area contributed by atoms with Gasteiger partial charge in [0.15, 0.2) is 0 Å². The van der Waals surface area contributed by atoms with Gasteiger partial charge in [0, 0.05) is 20.1 Å². The van der Waals surface area contributed by atoms with Crippen molar-refractivity contribution in [1.82, 2.24) is 10.2 Å². The van der Waals surface area contributed by atoms with Gasteiger partial charge in [0.25, 0.3) is 0 Å². The Morgan fingerprint density at radius 1 is 1.46 bits per heavy atom. The number of rotatable bonds is 5. The van der Waals surface area contributed by atoms with Gasteiger partial charge in [-0.1, -0.05) is 23.5 Å². The van der Waals surface area contributed by atoms with Crippen molar-refractivity contribution in [2.75, 3.05) is 23.9 Å². The maximum Gasteiger partial charge on any atom is 0.231 e. The zero-order valence-electron chi connectivity index (χ0n) is 12.9. The molecule has 24 heavy (non-hydrogen) atoms. The van der Waals surface area contributed by atoms with E-state index in [4.69, 9.17) is 4.74 Å². The number of methoxy groups -OCH3 is 1. The number of halogens is 1. The number of hydrogen-bond donors (Lipinski definition) is 1. The molecule has 3 rings (SSSR count). The van der Waals surface area contributed by atoms with Crippen LogP contribution in [0.15, 0.2) is 24.3 Å². The van der Waals surface area contributed by atoms with Gasteiger partial charge in [-0.3, -0.25) is 9.59 Å². The van der Waals surface area contributed by atoms with E-state index in [0.29, 0.717) is 16.7 Å². The van der Waals surface area contributed by atoms with Gasteiger partial charge in [0.05, 0.1) is 11.6 Å². The first-order valence-electron chi connectivity index (χ1n) is 7.25. The van der Waals surface area contributed by atoms with E-state index in [-0.39, 0.29) is 30.5 Å². The number of carbonyl (C=O) groups excluding carboxylic acids is 2. The smallest absolute Gasteiger partial charge is 0.231 e. The van der Waals surface area contributed by atoms with Crippen LogP contribution >= 0.6 is 11.3 Å². The maximum absolute atomic E-state index is 13.8. The summed E-state index contributed by atoms with van der Waals surface area (Å²) in [4.78, 5) is 25.7. The Labute approximate surface area is 141 Å². The first-order valence-corrected chi connectivity index (χ1v) is 8.07. The number of hydrogen-bond acceptors (Lipinski definition) is 6. The Balaban J connectivity index is 1.66. The number of ether oxygens (including phenoxy) is 1. The molecule has 1 aromatic carbocycles. The molecule has 0 spiro atoms. The molecule has 1 N–H and O–H groups in total. The van der Waals surface area contributed by atoms with Gasteiger partial charge in [-0.05, 0) is 12.1 Å². The average molecular weight is 350 g/mol. The third-order valence-electron chi connectivity index (χ3n) is 3.60. The third kappa shape index (κ3) is 3.41. The monoisotopic (exact) mass is 350 g/mol. The van der Waals surface area contributed by atoms with Crippen molar-refractivity contribution >= 4 is 34.0 Å². The molecule has 1 aromatic heterocycles. The number of benzene rings is 1. The van der Waals surface area contributed by atoms with Crippen LogP contribution in [-0.2, 0) is 20.9 Å². The summed E-state index contributed by atoms with van der Waals surface area (Å²) >= 11 is 1.21. The molecule has 2 amide bonds. The molecule has 1 atom stereocenters. The Kier molecular flexibility index (Phi) is 4.81. The summed E-state index contributed by atoms with van der Waals surface area (Å²) in [6.45, 7) is 0.450. The Morgan fingerprint density at radius 3 is 3.00 bits per heavy atom. The van der Waals surface area contributed by atoms with Crippen molar-refractivity contribution in [3.63, 3.8) is 0 Å². The van der Waals surface area contributed by atoms with Crippen LogP contribution in [-0.4, -0.2) is 35.7 Å². The first-order chi connectivity index (χ1) is 11.6. The van der Waals surface area contributed by atoms with Gasteiger partial charge in [-0.2, -0.15) is 0 Å². The van der Waals surface area contributed by atoms with Gasteiger partial charge in [0.1, 0.15) is 17.4 Å². The van der Waals surface area contributed by atoms with E-state index in [1.165, 1.54) is 28.4 Å². The fraction of sp³-hybridized carbons (Fsp3) is 0.333. The summed E-state index contributed by atoms with van der Waals surface area (Å²) in [5.74, 6) is -1.66. The molecule has 2 aromatic rings. The summed E-state index contributed by atoms with van der Waals surface area (Å²) < 4.78 is 18.8. The third-order valence-corrected chi connectivity index (χ3v) is 4.42. The second-order valence-electron chi connectivity index (χ2n) is 5.28. The lowest BCUT2D eigenvalue weighted by molar-refractivity contribution is -0.122. The highest BCUT2D eigenvalue weighted by Gasteiger charge is 2.36. The van der Waals surface area contributed by atoms with Crippen LogP contribution in [0.2, 0.25) is 0 Å². The molecular weight excluding hydrogens is 335 g/mol. The molecule has 0 saturated carbocycles. The Bertz CT molecular complexity index is 767. The van der Waals surface area contributed by atoms with Crippen LogP contribution in [0.4, 0.5) is 15.2 Å². The predicted octanol–water partition coefficient (Wildman–Crippen LogP) is 1.82. The highest BCUT2D eigenvalue weighted by molar-refractivity contribution is 7.15. The van der Waals surface area contributed by atoms with Crippen molar-refractivity contribution < 1.29 is 18.7 Å². The molecule has 0 aliphatic carbocycles. The number of nitrogens with one attached hydrogen (secondary N) is 1. The molecule has 1 aliphatic rings. The number of amides is 2. The minimum Gasteiger partial charge on any atom is -0.377 e. The van der Waals surface area contributed by atoms with E-state index in [0.717, 1.165) is 0 Å². The lowest BCUT2D eigenvalue weighted by Gasteiger charge is -2.17. The van der Waals surface area contributed by atoms with Gasteiger partial charge >= 0.3 is 0 Å². The summed E-state index contributed by atoms with van der Waals surface area (Å²) in [5.41, 5.74) is 0.191. The van der Waals surface area contributed by atoms with E-state index < -0.39 is 11.7 Å². The molecule has 126 valence electrons. The van der Waals surface area contributed by atoms with Gasteiger partial charge in [-0.25, -0.2) is 4.39 Å². The molecular formula is C15H15FN4O3S. The SMILES string of the molecule is COCc1nnc(NC(=O)[C@@H]2CC(=O)N(c3ccccc3F)C2)s1.